The zero-order chi connectivity index (χ0) is 18.7. The second kappa shape index (κ2) is 13.4. The molecule has 0 N–H and O–H groups in total. The van der Waals surface area contributed by atoms with E-state index in [0.717, 1.165) is 42.6 Å². The van der Waals surface area contributed by atoms with Gasteiger partial charge in [0, 0.05) is 11.2 Å². The quantitative estimate of drug-likeness (QED) is 0.387. The van der Waals surface area contributed by atoms with Crippen LogP contribution < -0.4 is 0 Å². The Morgan fingerprint density at radius 1 is 0.857 bits per heavy atom. The van der Waals surface area contributed by atoms with Crippen LogP contribution in [0.3, 0.4) is 0 Å². The molecule has 0 unspecified atom stereocenters. The van der Waals surface area contributed by atoms with Crippen molar-refractivity contribution in [2.45, 2.75) is 6.42 Å². The summed E-state index contributed by atoms with van der Waals surface area (Å²) >= 11 is 5.99. The maximum atomic E-state index is 5.99. The fourth-order valence-corrected chi connectivity index (χ4v) is 2.84. The van der Waals surface area contributed by atoms with Crippen molar-refractivity contribution in [2.24, 2.45) is 0 Å². The fourth-order valence-electron chi connectivity index (χ4n) is 2.67. The normalized spacial score (nSPS) is 16.5. The van der Waals surface area contributed by atoms with Gasteiger partial charge in [0.2, 0.25) is 0 Å². The molecule has 144 valence electrons. The Morgan fingerprint density at radius 2 is 1.57 bits per heavy atom. The van der Waals surface area contributed by atoms with Crippen LogP contribution in [0.1, 0.15) is 6.42 Å². The summed E-state index contributed by atoms with van der Waals surface area (Å²) < 4.78 is 0. The molecule has 2 aliphatic rings. The summed E-state index contributed by atoms with van der Waals surface area (Å²) in [7, 11) is 0. The summed E-state index contributed by atoms with van der Waals surface area (Å²) in [4.78, 5) is 4.33. The smallest absolute Gasteiger partial charge is 0.684 e. The third-order valence-electron chi connectivity index (χ3n) is 4.02. The van der Waals surface area contributed by atoms with Crippen LogP contribution in [0, 0.1) is 63.7 Å². The van der Waals surface area contributed by atoms with E-state index in [0.29, 0.717) is 5.02 Å². The number of aromatic nitrogens is 1. The van der Waals surface area contributed by atoms with Crippen LogP contribution in [0.4, 0.5) is 5.69 Å². The summed E-state index contributed by atoms with van der Waals surface area (Å²) in [5.41, 5.74) is 1.85. The van der Waals surface area contributed by atoms with Gasteiger partial charge < -0.3 is 10.6 Å². The molecule has 0 amide bonds. The molecule has 10 radical (unpaired) electrons. The van der Waals surface area contributed by atoms with Crippen molar-refractivity contribution in [1.82, 2.24) is 4.98 Å². The van der Waals surface area contributed by atoms with Crippen LogP contribution in [0.15, 0.2) is 30.5 Å². The van der Waals surface area contributed by atoms with Gasteiger partial charge in [0.1, 0.15) is 0 Å². The van der Waals surface area contributed by atoms with Crippen LogP contribution >= 0.6 is 11.6 Å². The first-order chi connectivity index (χ1) is 13.3. The molecular formula is C23H22ClFeN3. The number of hydrogen-bond donors (Lipinski definition) is 0. The summed E-state index contributed by atoms with van der Waals surface area (Å²) in [6.45, 7) is 2.40. The monoisotopic (exact) mass is 431 g/mol. The maximum absolute atomic E-state index is 5.99. The molecule has 1 aromatic carbocycles. The SMILES string of the molecule is Clc1ccc2c([N-]CCC[N-]C[C]3[CH][CH][CH][CH]3)ccnc2c1.[CH]1[CH][CH][CH][CH]1.[Fe+2]. The summed E-state index contributed by atoms with van der Waals surface area (Å²) in [6, 6.07) is 7.66. The number of halogens is 1. The van der Waals surface area contributed by atoms with Crippen LogP contribution in [-0.2, 0) is 17.1 Å². The minimum absolute atomic E-state index is 0. The standard InChI is InChI=1S/C18H17ClN3.C5H5.Fe/c19-15-6-7-16-17(8-11-22-18(16)12-15)21-10-3-9-20-13-14-4-1-2-5-14;1-2-4-5-3-1;/h1-2,4-8,11-12H,3,9-10,13H2;1-5H;/q-2;;+2. The van der Waals surface area contributed by atoms with E-state index in [2.05, 4.69) is 28.5 Å². The van der Waals surface area contributed by atoms with Gasteiger partial charge in [-0.1, -0.05) is 30.2 Å². The first-order valence-electron chi connectivity index (χ1n) is 9.05. The molecule has 0 aliphatic heterocycles. The molecule has 2 aromatic rings. The van der Waals surface area contributed by atoms with E-state index in [4.69, 9.17) is 11.6 Å². The van der Waals surface area contributed by atoms with Crippen LogP contribution in [0.2, 0.25) is 5.02 Å². The third-order valence-corrected chi connectivity index (χ3v) is 4.25. The molecule has 1 heterocycles. The number of rotatable bonds is 7. The Balaban J connectivity index is 0.000000408. The van der Waals surface area contributed by atoms with Crippen molar-refractivity contribution in [3.8, 4) is 0 Å². The van der Waals surface area contributed by atoms with Gasteiger partial charge in [-0.15, -0.1) is 18.8 Å². The molecule has 5 heteroatoms. The Hall–Kier alpha value is -0.801. The van der Waals surface area contributed by atoms with E-state index in [1.165, 1.54) is 5.92 Å². The van der Waals surface area contributed by atoms with Crippen molar-refractivity contribution in [1.29, 1.82) is 0 Å². The molecule has 2 saturated carbocycles. The number of hydrogen-bond acceptors (Lipinski definition) is 1. The Morgan fingerprint density at radius 3 is 2.29 bits per heavy atom. The van der Waals surface area contributed by atoms with Crippen LogP contribution in [0.25, 0.3) is 21.5 Å². The first-order valence-corrected chi connectivity index (χ1v) is 9.43. The molecule has 1 aromatic heterocycles. The Labute approximate surface area is 185 Å². The average molecular weight is 432 g/mol. The largest absolute Gasteiger partial charge is 2.00 e. The second-order valence-corrected chi connectivity index (χ2v) is 6.52. The topological polar surface area (TPSA) is 41.1 Å². The van der Waals surface area contributed by atoms with Gasteiger partial charge in [-0.3, -0.25) is 4.98 Å². The average Bonchev–Trinajstić information content (AvgIpc) is 3.41. The van der Waals surface area contributed by atoms with Crippen LogP contribution in [0.5, 0.6) is 0 Å². The summed E-state index contributed by atoms with van der Waals surface area (Å²) in [5.74, 6) is 1.27. The van der Waals surface area contributed by atoms with Crippen molar-refractivity contribution in [2.75, 3.05) is 19.6 Å². The Bertz CT molecular complexity index is 677. The molecule has 2 aliphatic carbocycles. The molecule has 3 nitrogen and oxygen atoms in total. The number of nitrogens with zero attached hydrogens (tertiary/aromatic N) is 3. The molecule has 0 saturated heterocycles. The molecule has 0 atom stereocenters. The van der Waals surface area contributed by atoms with Gasteiger partial charge in [-0.2, -0.15) is 6.54 Å². The van der Waals surface area contributed by atoms with E-state index in [9.17, 15) is 0 Å². The molecule has 4 rings (SSSR count). The molecule has 2 fully saturated rings. The Kier molecular flexibility index (Phi) is 11.3. The molecule has 28 heavy (non-hydrogen) atoms. The van der Waals surface area contributed by atoms with Gasteiger partial charge in [-0.05, 0) is 81.2 Å². The van der Waals surface area contributed by atoms with Gasteiger partial charge in [0.25, 0.3) is 0 Å². The van der Waals surface area contributed by atoms with Crippen molar-refractivity contribution in [3.05, 3.63) is 110 Å². The summed E-state index contributed by atoms with van der Waals surface area (Å²) in [5, 5.41) is 10.9. The fraction of sp³-hybridized carbons (Fsp3) is 0.174. The van der Waals surface area contributed by atoms with Crippen molar-refractivity contribution < 1.29 is 17.1 Å². The van der Waals surface area contributed by atoms with Crippen molar-refractivity contribution in [3.63, 3.8) is 0 Å². The van der Waals surface area contributed by atoms with E-state index in [1.54, 1.807) is 6.20 Å². The molecule has 0 spiro atoms. The zero-order valence-corrected chi connectivity index (χ0v) is 17.3. The number of fused-ring (bicyclic) bond motifs is 1. The summed E-state index contributed by atoms with van der Waals surface area (Å²) in [6.07, 6.45) is 21.0. The molecule has 0 bridgehead atoms. The van der Waals surface area contributed by atoms with Crippen LogP contribution in [-0.4, -0.2) is 24.6 Å². The van der Waals surface area contributed by atoms with E-state index in [1.807, 2.05) is 69.2 Å². The predicted molar refractivity (Wildman–Crippen MR) is 114 cm³/mol. The van der Waals surface area contributed by atoms with Gasteiger partial charge >= 0.3 is 17.1 Å². The zero-order valence-electron chi connectivity index (χ0n) is 15.5. The van der Waals surface area contributed by atoms with Gasteiger partial charge in [-0.25, -0.2) is 0 Å². The minimum atomic E-state index is 0. The van der Waals surface area contributed by atoms with E-state index >= 15 is 0 Å². The van der Waals surface area contributed by atoms with Gasteiger partial charge in [0.05, 0.1) is 5.52 Å². The second-order valence-electron chi connectivity index (χ2n) is 6.09. The van der Waals surface area contributed by atoms with Crippen molar-refractivity contribution >= 4 is 28.2 Å². The number of pyridine rings is 1. The van der Waals surface area contributed by atoms with Gasteiger partial charge in [0.15, 0.2) is 0 Å². The first kappa shape index (κ1) is 23.5. The van der Waals surface area contributed by atoms with E-state index < -0.39 is 0 Å². The predicted octanol–water partition coefficient (Wildman–Crippen LogP) is 6.08. The maximum Gasteiger partial charge on any atom is 2.00 e. The minimum Gasteiger partial charge on any atom is -0.684 e. The number of benzene rings is 1. The third kappa shape index (κ3) is 7.91. The van der Waals surface area contributed by atoms with E-state index in [-0.39, 0.29) is 17.1 Å². The molecular weight excluding hydrogens is 410 g/mol.